The molecule has 0 bridgehead atoms. The van der Waals surface area contributed by atoms with Gasteiger partial charge in [0.05, 0.1) is 18.2 Å². The zero-order chi connectivity index (χ0) is 13.0. The van der Waals surface area contributed by atoms with Crippen molar-refractivity contribution in [2.75, 3.05) is 13.7 Å². The minimum absolute atomic E-state index is 0.00794. The number of hydrogen-bond donors (Lipinski definition) is 0. The molecule has 92 valence electrons. The summed E-state index contributed by atoms with van der Waals surface area (Å²) in [7, 11) is 1.27. The van der Waals surface area contributed by atoms with E-state index >= 15 is 0 Å². The molecular formula is C11H10BrFO4. The summed E-state index contributed by atoms with van der Waals surface area (Å²) >= 11 is 2.93. The van der Waals surface area contributed by atoms with Crippen molar-refractivity contribution in [3.63, 3.8) is 0 Å². The summed E-state index contributed by atoms with van der Waals surface area (Å²) < 4.78 is 22.8. The van der Waals surface area contributed by atoms with Gasteiger partial charge in [-0.1, -0.05) is 0 Å². The Morgan fingerprint density at radius 2 is 2.06 bits per heavy atom. The zero-order valence-electron chi connectivity index (χ0n) is 9.25. The first-order chi connectivity index (χ1) is 8.01. The monoisotopic (exact) mass is 304 g/mol. The number of rotatable bonds is 4. The molecule has 0 aliphatic heterocycles. The molecule has 0 radical (unpaired) electrons. The van der Waals surface area contributed by atoms with Crippen LogP contribution in [-0.2, 0) is 9.53 Å². The molecular weight excluding hydrogens is 295 g/mol. The van der Waals surface area contributed by atoms with Crippen LogP contribution in [0.25, 0.3) is 0 Å². The Hall–Kier alpha value is -1.43. The van der Waals surface area contributed by atoms with Gasteiger partial charge in [0.1, 0.15) is 0 Å². The molecule has 0 aliphatic rings. The minimum Gasteiger partial charge on any atom is -0.494 e. The lowest BCUT2D eigenvalue weighted by Crippen LogP contribution is -2.17. The largest absolute Gasteiger partial charge is 0.494 e. The van der Waals surface area contributed by atoms with Gasteiger partial charge < -0.3 is 9.47 Å². The third kappa shape index (κ3) is 3.03. The van der Waals surface area contributed by atoms with Crippen LogP contribution in [0.1, 0.15) is 17.3 Å². The van der Waals surface area contributed by atoms with Crippen molar-refractivity contribution < 1.29 is 23.5 Å². The van der Waals surface area contributed by atoms with Crippen LogP contribution in [0.3, 0.4) is 0 Å². The van der Waals surface area contributed by atoms with E-state index in [4.69, 9.17) is 4.74 Å². The topological polar surface area (TPSA) is 52.6 Å². The molecule has 0 unspecified atom stereocenters. The van der Waals surface area contributed by atoms with E-state index < -0.39 is 17.6 Å². The van der Waals surface area contributed by atoms with Crippen LogP contribution in [0.5, 0.6) is 5.75 Å². The highest BCUT2D eigenvalue weighted by Gasteiger charge is 2.20. The second-order valence-electron chi connectivity index (χ2n) is 3.02. The Morgan fingerprint density at radius 1 is 1.41 bits per heavy atom. The Labute approximate surface area is 106 Å². The summed E-state index contributed by atoms with van der Waals surface area (Å²) in [5.41, 5.74) is 0.00794. The molecule has 0 saturated heterocycles. The number of methoxy groups -OCH3 is 1. The predicted octanol–water partition coefficient (Wildman–Crippen LogP) is 2.34. The van der Waals surface area contributed by atoms with Gasteiger partial charge in [-0.3, -0.25) is 4.79 Å². The molecule has 0 amide bonds. The van der Waals surface area contributed by atoms with Gasteiger partial charge in [-0.05, 0) is 35.0 Å². The number of Topliss-reactive ketones (excluding diaryl/α,β-unsaturated/α-hetero) is 1. The van der Waals surface area contributed by atoms with Crippen molar-refractivity contribution in [2.45, 2.75) is 6.92 Å². The first kappa shape index (κ1) is 13.6. The normalized spacial score (nSPS) is 9.88. The second-order valence-corrected chi connectivity index (χ2v) is 3.88. The number of halogens is 2. The van der Waals surface area contributed by atoms with Gasteiger partial charge >= 0.3 is 5.97 Å². The van der Waals surface area contributed by atoms with Gasteiger partial charge in [-0.15, -0.1) is 0 Å². The highest BCUT2D eigenvalue weighted by Crippen LogP contribution is 2.27. The number of ether oxygens (including phenoxy) is 2. The first-order valence-corrected chi connectivity index (χ1v) is 5.55. The number of esters is 1. The summed E-state index contributed by atoms with van der Waals surface area (Å²) in [6.45, 7) is 1.69. The second kappa shape index (κ2) is 5.77. The third-order valence-electron chi connectivity index (χ3n) is 1.94. The molecule has 0 saturated carbocycles. The summed E-state index contributed by atoms with van der Waals surface area (Å²) in [6.07, 6.45) is 0. The highest BCUT2D eigenvalue weighted by molar-refractivity contribution is 9.10. The highest BCUT2D eigenvalue weighted by atomic mass is 79.9. The van der Waals surface area contributed by atoms with Crippen LogP contribution in [0, 0.1) is 5.82 Å². The fourth-order valence-electron chi connectivity index (χ4n) is 1.16. The molecule has 17 heavy (non-hydrogen) atoms. The predicted molar refractivity (Wildman–Crippen MR) is 61.6 cm³/mol. The van der Waals surface area contributed by atoms with Gasteiger partial charge in [0.2, 0.25) is 0 Å². The SMILES string of the molecule is CCOC(=O)C(=O)c1cc(Br)c(F)c(OC)c1. The number of carbonyl (C=O) groups is 2. The van der Waals surface area contributed by atoms with E-state index in [0.29, 0.717) is 0 Å². The first-order valence-electron chi connectivity index (χ1n) is 4.75. The van der Waals surface area contributed by atoms with Crippen LogP contribution >= 0.6 is 15.9 Å². The van der Waals surface area contributed by atoms with Crippen LogP contribution in [0.4, 0.5) is 4.39 Å². The maximum atomic E-state index is 13.4. The van der Waals surface area contributed by atoms with Crippen molar-refractivity contribution >= 4 is 27.7 Å². The Kier molecular flexibility index (Phi) is 4.62. The van der Waals surface area contributed by atoms with E-state index in [0.717, 1.165) is 6.07 Å². The molecule has 0 atom stereocenters. The van der Waals surface area contributed by atoms with Gasteiger partial charge in [0.25, 0.3) is 5.78 Å². The van der Waals surface area contributed by atoms with E-state index in [2.05, 4.69) is 20.7 Å². The molecule has 0 aromatic heterocycles. The summed E-state index contributed by atoms with van der Waals surface area (Å²) in [4.78, 5) is 22.8. The molecule has 0 N–H and O–H groups in total. The van der Waals surface area contributed by atoms with Crippen LogP contribution in [-0.4, -0.2) is 25.5 Å². The third-order valence-corrected chi connectivity index (χ3v) is 2.51. The summed E-state index contributed by atoms with van der Waals surface area (Å²) in [5.74, 6) is -2.57. The van der Waals surface area contributed by atoms with Crippen molar-refractivity contribution in [3.05, 3.63) is 28.0 Å². The fraction of sp³-hybridized carbons (Fsp3) is 0.273. The van der Waals surface area contributed by atoms with E-state index in [1.54, 1.807) is 6.92 Å². The summed E-state index contributed by atoms with van der Waals surface area (Å²) in [5, 5.41) is 0. The quantitative estimate of drug-likeness (QED) is 0.487. The number of carbonyl (C=O) groups excluding carboxylic acids is 2. The minimum atomic E-state index is -0.979. The van der Waals surface area contributed by atoms with E-state index in [1.807, 2.05) is 0 Å². The Bertz CT molecular complexity index is 459. The number of benzene rings is 1. The van der Waals surface area contributed by atoms with E-state index in [-0.39, 0.29) is 22.4 Å². The van der Waals surface area contributed by atoms with Gasteiger partial charge in [-0.25, -0.2) is 9.18 Å². The van der Waals surface area contributed by atoms with Crippen molar-refractivity contribution in [1.29, 1.82) is 0 Å². The van der Waals surface area contributed by atoms with Crippen LogP contribution in [0.15, 0.2) is 16.6 Å². The van der Waals surface area contributed by atoms with E-state index in [1.165, 1.54) is 13.2 Å². The Morgan fingerprint density at radius 3 is 2.59 bits per heavy atom. The summed E-state index contributed by atoms with van der Waals surface area (Å²) in [6, 6.07) is 2.36. The number of hydrogen-bond acceptors (Lipinski definition) is 4. The molecule has 0 spiro atoms. The lowest BCUT2D eigenvalue weighted by Gasteiger charge is -2.06. The standard InChI is InChI=1S/C11H10BrFO4/c1-3-17-11(15)10(14)6-4-7(12)9(13)8(5-6)16-2/h4-5H,3H2,1-2H3. The molecule has 0 aliphatic carbocycles. The molecule has 6 heteroatoms. The fourth-order valence-corrected chi connectivity index (χ4v) is 1.60. The smallest absolute Gasteiger partial charge is 0.379 e. The maximum Gasteiger partial charge on any atom is 0.379 e. The van der Waals surface area contributed by atoms with Crippen LogP contribution in [0.2, 0.25) is 0 Å². The zero-order valence-corrected chi connectivity index (χ0v) is 10.8. The van der Waals surface area contributed by atoms with Gasteiger partial charge in [0, 0.05) is 5.56 Å². The maximum absolute atomic E-state index is 13.4. The van der Waals surface area contributed by atoms with Crippen molar-refractivity contribution in [2.24, 2.45) is 0 Å². The average molecular weight is 305 g/mol. The van der Waals surface area contributed by atoms with Crippen molar-refractivity contribution in [3.8, 4) is 5.75 Å². The molecule has 4 nitrogen and oxygen atoms in total. The van der Waals surface area contributed by atoms with E-state index in [9.17, 15) is 14.0 Å². The van der Waals surface area contributed by atoms with Gasteiger partial charge in [0.15, 0.2) is 11.6 Å². The Balaban J connectivity index is 3.11. The lowest BCUT2D eigenvalue weighted by molar-refractivity contribution is -0.137. The van der Waals surface area contributed by atoms with Crippen LogP contribution < -0.4 is 4.74 Å². The molecule has 1 aromatic carbocycles. The molecule has 0 fully saturated rings. The molecule has 1 rings (SSSR count). The molecule has 0 heterocycles. The average Bonchev–Trinajstić information content (AvgIpc) is 2.31. The van der Waals surface area contributed by atoms with Crippen molar-refractivity contribution in [1.82, 2.24) is 0 Å². The van der Waals surface area contributed by atoms with Gasteiger partial charge in [-0.2, -0.15) is 0 Å². The number of ketones is 1. The lowest BCUT2D eigenvalue weighted by atomic mass is 10.1. The molecule has 1 aromatic rings.